The van der Waals surface area contributed by atoms with Crippen molar-refractivity contribution >= 4 is 22.8 Å². The average Bonchev–Trinajstić information content (AvgIpc) is 3.16. The van der Waals surface area contributed by atoms with Crippen LogP contribution in [0.25, 0.3) is 22.4 Å². The summed E-state index contributed by atoms with van der Waals surface area (Å²) in [5.74, 6) is -0.218. The normalized spacial score (nSPS) is 10.8. The van der Waals surface area contributed by atoms with Crippen molar-refractivity contribution in [2.75, 3.05) is 6.61 Å². The minimum atomic E-state index is -0.559. The van der Waals surface area contributed by atoms with E-state index in [9.17, 15) is 9.59 Å². The first-order valence-corrected chi connectivity index (χ1v) is 8.93. The number of Topliss-reactive ketones (excluding diaryl/α,β-unsaturated/α-hetero) is 1. The highest BCUT2D eigenvalue weighted by atomic mass is 16.5. The maximum atomic E-state index is 12.6. The SMILES string of the molecule is Cc1ccc(C(=O)COC(=O)c2ccccc2-c2nc3ccccc3[nH]2)cc1. The Balaban J connectivity index is 1.55. The number of aryl methyl sites for hydroxylation is 1. The first-order valence-electron chi connectivity index (χ1n) is 8.93. The van der Waals surface area contributed by atoms with E-state index in [1.54, 1.807) is 30.3 Å². The van der Waals surface area contributed by atoms with Crippen molar-refractivity contribution in [3.05, 3.63) is 89.5 Å². The summed E-state index contributed by atoms with van der Waals surface area (Å²) in [5.41, 5.74) is 4.27. The van der Waals surface area contributed by atoms with Crippen LogP contribution in [-0.4, -0.2) is 28.3 Å². The Labute approximate surface area is 162 Å². The van der Waals surface area contributed by atoms with Crippen molar-refractivity contribution in [1.82, 2.24) is 9.97 Å². The molecule has 0 aliphatic heterocycles. The van der Waals surface area contributed by atoms with Crippen LogP contribution in [0.3, 0.4) is 0 Å². The molecule has 0 aliphatic rings. The van der Waals surface area contributed by atoms with Gasteiger partial charge in [0.1, 0.15) is 5.82 Å². The molecule has 28 heavy (non-hydrogen) atoms. The number of para-hydroxylation sites is 2. The quantitative estimate of drug-likeness (QED) is 0.412. The molecule has 0 radical (unpaired) electrons. The van der Waals surface area contributed by atoms with Gasteiger partial charge in [0.25, 0.3) is 0 Å². The van der Waals surface area contributed by atoms with Crippen LogP contribution in [0.1, 0.15) is 26.3 Å². The van der Waals surface area contributed by atoms with E-state index in [-0.39, 0.29) is 12.4 Å². The molecule has 0 saturated carbocycles. The molecule has 0 fully saturated rings. The van der Waals surface area contributed by atoms with Gasteiger partial charge in [-0.05, 0) is 25.1 Å². The Morgan fingerprint density at radius 3 is 2.43 bits per heavy atom. The maximum absolute atomic E-state index is 12.6. The number of H-pyrrole nitrogens is 1. The van der Waals surface area contributed by atoms with E-state index in [1.807, 2.05) is 49.4 Å². The van der Waals surface area contributed by atoms with Crippen molar-refractivity contribution in [2.24, 2.45) is 0 Å². The molecule has 0 atom stereocenters. The van der Waals surface area contributed by atoms with E-state index in [0.717, 1.165) is 16.6 Å². The number of hydrogen-bond donors (Lipinski definition) is 1. The van der Waals surface area contributed by atoms with Gasteiger partial charge >= 0.3 is 5.97 Å². The van der Waals surface area contributed by atoms with E-state index in [2.05, 4.69) is 9.97 Å². The van der Waals surface area contributed by atoms with Crippen LogP contribution >= 0.6 is 0 Å². The molecule has 138 valence electrons. The van der Waals surface area contributed by atoms with Gasteiger partial charge in [0.05, 0.1) is 16.6 Å². The molecule has 3 aromatic carbocycles. The number of rotatable bonds is 5. The van der Waals surface area contributed by atoms with Gasteiger partial charge < -0.3 is 9.72 Å². The highest BCUT2D eigenvalue weighted by Gasteiger charge is 2.18. The summed E-state index contributed by atoms with van der Waals surface area (Å²) in [6.45, 7) is 1.64. The molecule has 5 nitrogen and oxygen atoms in total. The summed E-state index contributed by atoms with van der Waals surface area (Å²) in [6.07, 6.45) is 0. The number of nitrogens with one attached hydrogen (secondary N) is 1. The molecule has 4 rings (SSSR count). The molecular formula is C23H18N2O3. The molecule has 1 aromatic heterocycles. The number of aromatic nitrogens is 2. The number of imidazole rings is 1. The summed E-state index contributed by atoms with van der Waals surface area (Å²) >= 11 is 0. The van der Waals surface area contributed by atoms with Crippen molar-refractivity contribution < 1.29 is 14.3 Å². The Hall–Kier alpha value is -3.73. The standard InChI is InChI=1S/C23H18N2O3/c1-15-10-12-16(13-11-15)21(26)14-28-23(27)18-7-3-2-6-17(18)22-24-19-8-4-5-9-20(19)25-22/h2-13H,14H2,1H3,(H,24,25). The van der Waals surface area contributed by atoms with Gasteiger partial charge in [0.2, 0.25) is 0 Å². The predicted octanol–water partition coefficient (Wildman–Crippen LogP) is 4.58. The first kappa shape index (κ1) is 17.7. The van der Waals surface area contributed by atoms with E-state index >= 15 is 0 Å². The Bertz CT molecular complexity index is 1130. The molecule has 0 aliphatic carbocycles. The zero-order valence-electron chi connectivity index (χ0n) is 15.3. The summed E-state index contributed by atoms with van der Waals surface area (Å²) in [5, 5.41) is 0. The molecule has 0 bridgehead atoms. The van der Waals surface area contributed by atoms with Gasteiger partial charge in [-0.2, -0.15) is 0 Å². The Kier molecular flexibility index (Phi) is 4.72. The lowest BCUT2D eigenvalue weighted by molar-refractivity contribution is 0.0475. The van der Waals surface area contributed by atoms with Gasteiger partial charge in [0, 0.05) is 11.1 Å². The van der Waals surface area contributed by atoms with Crippen LogP contribution in [0.4, 0.5) is 0 Å². The molecule has 0 unspecified atom stereocenters. The van der Waals surface area contributed by atoms with Gasteiger partial charge in [-0.3, -0.25) is 4.79 Å². The van der Waals surface area contributed by atoms with E-state index in [4.69, 9.17) is 4.74 Å². The van der Waals surface area contributed by atoms with Crippen molar-refractivity contribution in [1.29, 1.82) is 0 Å². The van der Waals surface area contributed by atoms with Crippen LogP contribution in [0.2, 0.25) is 0 Å². The minimum absolute atomic E-state index is 0.241. The number of ketones is 1. The fourth-order valence-corrected chi connectivity index (χ4v) is 2.98. The summed E-state index contributed by atoms with van der Waals surface area (Å²) < 4.78 is 5.28. The zero-order chi connectivity index (χ0) is 19.5. The number of benzene rings is 3. The second-order valence-electron chi connectivity index (χ2n) is 6.51. The third-order valence-corrected chi connectivity index (χ3v) is 4.50. The van der Waals surface area contributed by atoms with Crippen molar-refractivity contribution in [3.63, 3.8) is 0 Å². The topological polar surface area (TPSA) is 72.1 Å². The van der Waals surface area contributed by atoms with Gasteiger partial charge in [-0.1, -0.05) is 60.2 Å². The van der Waals surface area contributed by atoms with Crippen LogP contribution in [0.15, 0.2) is 72.8 Å². The lowest BCUT2D eigenvalue weighted by Crippen LogP contribution is -2.15. The molecular weight excluding hydrogens is 352 g/mol. The van der Waals surface area contributed by atoms with E-state index < -0.39 is 5.97 Å². The number of carbonyl (C=O) groups is 2. The van der Waals surface area contributed by atoms with E-state index in [0.29, 0.717) is 22.5 Å². The number of carbonyl (C=O) groups excluding carboxylic acids is 2. The number of ether oxygens (including phenoxy) is 1. The second-order valence-corrected chi connectivity index (χ2v) is 6.51. The molecule has 0 amide bonds. The molecule has 0 saturated heterocycles. The third-order valence-electron chi connectivity index (χ3n) is 4.50. The minimum Gasteiger partial charge on any atom is -0.454 e. The highest BCUT2D eigenvalue weighted by molar-refractivity contribution is 6.01. The fraction of sp³-hybridized carbons (Fsp3) is 0.0870. The van der Waals surface area contributed by atoms with Crippen LogP contribution in [-0.2, 0) is 4.74 Å². The number of esters is 1. The monoisotopic (exact) mass is 370 g/mol. The van der Waals surface area contributed by atoms with Crippen molar-refractivity contribution in [2.45, 2.75) is 6.92 Å². The largest absolute Gasteiger partial charge is 0.454 e. The number of hydrogen-bond acceptors (Lipinski definition) is 4. The van der Waals surface area contributed by atoms with Gasteiger partial charge in [0.15, 0.2) is 12.4 Å². The van der Waals surface area contributed by atoms with Crippen LogP contribution < -0.4 is 0 Å². The predicted molar refractivity (Wildman–Crippen MR) is 107 cm³/mol. The summed E-state index contributed by atoms with van der Waals surface area (Å²) in [6, 6.07) is 21.9. The van der Waals surface area contributed by atoms with Crippen LogP contribution in [0.5, 0.6) is 0 Å². The summed E-state index contributed by atoms with van der Waals surface area (Å²) in [4.78, 5) is 32.7. The summed E-state index contributed by atoms with van der Waals surface area (Å²) in [7, 11) is 0. The Morgan fingerprint density at radius 2 is 1.64 bits per heavy atom. The highest BCUT2D eigenvalue weighted by Crippen LogP contribution is 2.24. The third kappa shape index (κ3) is 3.55. The van der Waals surface area contributed by atoms with E-state index in [1.165, 1.54) is 0 Å². The average molecular weight is 370 g/mol. The van der Waals surface area contributed by atoms with Crippen LogP contribution in [0, 0.1) is 6.92 Å². The second kappa shape index (κ2) is 7.48. The lowest BCUT2D eigenvalue weighted by Gasteiger charge is -2.08. The number of fused-ring (bicyclic) bond motifs is 1. The molecule has 1 heterocycles. The van der Waals surface area contributed by atoms with Crippen molar-refractivity contribution in [3.8, 4) is 11.4 Å². The fourth-order valence-electron chi connectivity index (χ4n) is 2.98. The number of nitrogens with zero attached hydrogens (tertiary/aromatic N) is 1. The maximum Gasteiger partial charge on any atom is 0.339 e. The smallest absolute Gasteiger partial charge is 0.339 e. The number of aromatic amines is 1. The molecule has 0 spiro atoms. The molecule has 5 heteroatoms. The molecule has 4 aromatic rings. The molecule has 1 N–H and O–H groups in total. The lowest BCUT2D eigenvalue weighted by atomic mass is 10.1. The Morgan fingerprint density at radius 1 is 0.929 bits per heavy atom. The first-order chi connectivity index (χ1) is 13.6. The zero-order valence-corrected chi connectivity index (χ0v) is 15.3. The van der Waals surface area contributed by atoms with Gasteiger partial charge in [-0.25, -0.2) is 9.78 Å². The van der Waals surface area contributed by atoms with Gasteiger partial charge in [-0.15, -0.1) is 0 Å².